The molecule has 0 aliphatic rings. The number of halogens is 2. The zero-order valence-electron chi connectivity index (χ0n) is 8.60. The van der Waals surface area contributed by atoms with Crippen LogP contribution in [0.2, 0.25) is 0 Å². The van der Waals surface area contributed by atoms with E-state index < -0.39 is 17.6 Å². The zero-order chi connectivity index (χ0) is 12.4. The molecule has 0 amide bonds. The number of hydrogen-bond acceptors (Lipinski definition) is 2. The van der Waals surface area contributed by atoms with Gasteiger partial charge >= 0.3 is 5.97 Å². The number of aromatic nitrogens is 2. The van der Waals surface area contributed by atoms with Crippen molar-refractivity contribution in [2.45, 2.75) is 6.54 Å². The van der Waals surface area contributed by atoms with Crippen molar-refractivity contribution in [3.63, 3.8) is 0 Å². The number of carbonyl (C=O) groups is 1. The highest BCUT2D eigenvalue weighted by Gasteiger charge is 2.09. The Kier molecular flexibility index (Phi) is 2.86. The molecule has 0 fully saturated rings. The van der Waals surface area contributed by atoms with E-state index >= 15 is 0 Å². The molecule has 1 aromatic heterocycles. The second-order valence-electron chi connectivity index (χ2n) is 3.44. The van der Waals surface area contributed by atoms with Crippen LogP contribution in [0.4, 0.5) is 8.78 Å². The van der Waals surface area contributed by atoms with Crippen LogP contribution in [-0.2, 0) is 11.3 Å². The molecule has 0 atom stereocenters. The van der Waals surface area contributed by atoms with E-state index in [2.05, 4.69) is 5.10 Å². The standard InChI is InChI=1S/C11H8F2N2O2/c12-8-1-2-10(13)9(3-8)7-4-14-15(5-7)6-11(16)17/h1-5H,6H2,(H,16,17). The first-order chi connectivity index (χ1) is 8.06. The van der Waals surface area contributed by atoms with Crippen molar-refractivity contribution in [1.82, 2.24) is 9.78 Å². The Bertz CT molecular complexity index is 566. The quantitative estimate of drug-likeness (QED) is 0.888. The van der Waals surface area contributed by atoms with Gasteiger partial charge in [-0.1, -0.05) is 0 Å². The molecule has 0 radical (unpaired) electrons. The molecule has 0 aliphatic heterocycles. The molecule has 1 N–H and O–H groups in total. The number of aliphatic carboxylic acids is 1. The van der Waals surface area contributed by atoms with Gasteiger partial charge in [0.1, 0.15) is 18.2 Å². The number of nitrogens with zero attached hydrogens (tertiary/aromatic N) is 2. The minimum atomic E-state index is -1.06. The summed E-state index contributed by atoms with van der Waals surface area (Å²) in [6.07, 6.45) is 2.65. The largest absolute Gasteiger partial charge is 0.480 e. The predicted molar refractivity (Wildman–Crippen MR) is 55.2 cm³/mol. The van der Waals surface area contributed by atoms with Gasteiger partial charge in [-0.05, 0) is 18.2 Å². The maximum absolute atomic E-state index is 13.4. The van der Waals surface area contributed by atoms with Crippen molar-refractivity contribution in [2.75, 3.05) is 0 Å². The van der Waals surface area contributed by atoms with Gasteiger partial charge in [-0.3, -0.25) is 9.48 Å². The monoisotopic (exact) mass is 238 g/mol. The topological polar surface area (TPSA) is 55.1 Å². The molecule has 17 heavy (non-hydrogen) atoms. The van der Waals surface area contributed by atoms with Gasteiger partial charge in [0.15, 0.2) is 0 Å². The summed E-state index contributed by atoms with van der Waals surface area (Å²) in [7, 11) is 0. The highest BCUT2D eigenvalue weighted by molar-refractivity contribution is 5.67. The molecule has 4 nitrogen and oxygen atoms in total. The molecule has 1 aromatic carbocycles. The Balaban J connectivity index is 2.36. The fraction of sp³-hybridized carbons (Fsp3) is 0.0909. The lowest BCUT2D eigenvalue weighted by Gasteiger charge is -1.99. The first-order valence-electron chi connectivity index (χ1n) is 4.76. The number of rotatable bonds is 3. The normalized spacial score (nSPS) is 10.5. The van der Waals surface area contributed by atoms with Gasteiger partial charge in [-0.25, -0.2) is 8.78 Å². The molecule has 6 heteroatoms. The van der Waals surface area contributed by atoms with E-state index in [1.807, 2.05) is 0 Å². The Morgan fingerprint density at radius 3 is 2.88 bits per heavy atom. The molecule has 0 bridgehead atoms. The third kappa shape index (κ3) is 2.47. The van der Waals surface area contributed by atoms with Crippen LogP contribution in [-0.4, -0.2) is 20.9 Å². The van der Waals surface area contributed by atoms with E-state index in [-0.39, 0.29) is 12.1 Å². The molecule has 88 valence electrons. The van der Waals surface area contributed by atoms with Gasteiger partial charge in [0.25, 0.3) is 0 Å². The van der Waals surface area contributed by atoms with Gasteiger partial charge in [-0.15, -0.1) is 0 Å². The van der Waals surface area contributed by atoms with E-state index in [1.54, 1.807) is 0 Å². The average molecular weight is 238 g/mol. The van der Waals surface area contributed by atoms with Crippen LogP contribution >= 0.6 is 0 Å². The van der Waals surface area contributed by atoms with Crippen molar-refractivity contribution in [3.8, 4) is 11.1 Å². The van der Waals surface area contributed by atoms with Crippen molar-refractivity contribution < 1.29 is 18.7 Å². The fourth-order valence-electron chi connectivity index (χ4n) is 1.45. The second-order valence-corrected chi connectivity index (χ2v) is 3.44. The summed E-state index contributed by atoms with van der Waals surface area (Å²) in [5.41, 5.74) is 0.393. The molecular weight excluding hydrogens is 230 g/mol. The molecule has 2 aromatic rings. The minimum Gasteiger partial charge on any atom is -0.480 e. The summed E-state index contributed by atoms with van der Waals surface area (Å²) in [6.45, 7) is -0.322. The summed E-state index contributed by atoms with van der Waals surface area (Å²) in [5.74, 6) is -2.20. The first-order valence-corrected chi connectivity index (χ1v) is 4.76. The average Bonchev–Trinajstić information content (AvgIpc) is 2.69. The van der Waals surface area contributed by atoms with Gasteiger partial charge in [0.2, 0.25) is 0 Å². The van der Waals surface area contributed by atoms with Crippen LogP contribution in [0.1, 0.15) is 0 Å². The highest BCUT2D eigenvalue weighted by atomic mass is 19.1. The molecule has 1 heterocycles. The molecule has 0 saturated carbocycles. The van der Waals surface area contributed by atoms with Gasteiger partial charge in [0, 0.05) is 17.3 Å². The summed E-state index contributed by atoms with van der Waals surface area (Å²) >= 11 is 0. The molecule has 0 aliphatic carbocycles. The van der Waals surface area contributed by atoms with E-state index in [0.29, 0.717) is 5.56 Å². The maximum atomic E-state index is 13.4. The Hall–Kier alpha value is -2.24. The molecule has 0 unspecified atom stereocenters. The van der Waals surface area contributed by atoms with Crippen LogP contribution in [0, 0.1) is 11.6 Å². The predicted octanol–water partition coefficient (Wildman–Crippen LogP) is 1.91. The highest BCUT2D eigenvalue weighted by Crippen LogP contribution is 2.22. The van der Waals surface area contributed by atoms with Gasteiger partial charge < -0.3 is 5.11 Å². The second kappa shape index (κ2) is 4.32. The molecular formula is C11H8F2N2O2. The molecule has 0 spiro atoms. The summed E-state index contributed by atoms with van der Waals surface area (Å²) in [4.78, 5) is 10.4. The first kappa shape index (κ1) is 11.3. The molecule has 0 saturated heterocycles. The van der Waals surface area contributed by atoms with Crippen molar-refractivity contribution in [1.29, 1.82) is 0 Å². The Morgan fingerprint density at radius 2 is 2.18 bits per heavy atom. The van der Waals surface area contributed by atoms with Crippen molar-refractivity contribution in [3.05, 3.63) is 42.2 Å². The number of carboxylic acid groups (broad SMARTS) is 1. The lowest BCUT2D eigenvalue weighted by atomic mass is 10.1. The smallest absolute Gasteiger partial charge is 0.325 e. The molecule has 2 rings (SSSR count). The number of hydrogen-bond donors (Lipinski definition) is 1. The van der Waals surface area contributed by atoms with Crippen molar-refractivity contribution >= 4 is 5.97 Å². The van der Waals surface area contributed by atoms with Gasteiger partial charge in [-0.2, -0.15) is 5.10 Å². The van der Waals surface area contributed by atoms with Crippen LogP contribution < -0.4 is 0 Å². The lowest BCUT2D eigenvalue weighted by Crippen LogP contribution is -2.08. The summed E-state index contributed by atoms with van der Waals surface area (Å²) in [6, 6.07) is 3.07. The zero-order valence-corrected chi connectivity index (χ0v) is 8.60. The maximum Gasteiger partial charge on any atom is 0.325 e. The van der Waals surface area contributed by atoms with E-state index in [0.717, 1.165) is 22.9 Å². The Labute approximate surface area is 95.1 Å². The van der Waals surface area contributed by atoms with E-state index in [1.165, 1.54) is 12.4 Å². The third-order valence-corrected chi connectivity index (χ3v) is 2.17. The lowest BCUT2D eigenvalue weighted by molar-refractivity contribution is -0.137. The number of benzene rings is 1. The van der Waals surface area contributed by atoms with Gasteiger partial charge in [0.05, 0.1) is 6.20 Å². The van der Waals surface area contributed by atoms with E-state index in [9.17, 15) is 13.6 Å². The Morgan fingerprint density at radius 1 is 1.41 bits per heavy atom. The third-order valence-electron chi connectivity index (χ3n) is 2.17. The van der Waals surface area contributed by atoms with Crippen LogP contribution in [0.3, 0.4) is 0 Å². The fourth-order valence-corrected chi connectivity index (χ4v) is 1.45. The van der Waals surface area contributed by atoms with E-state index in [4.69, 9.17) is 5.11 Å². The number of carboxylic acids is 1. The van der Waals surface area contributed by atoms with Crippen LogP contribution in [0.25, 0.3) is 11.1 Å². The van der Waals surface area contributed by atoms with Crippen LogP contribution in [0.15, 0.2) is 30.6 Å². The SMILES string of the molecule is O=C(O)Cn1cc(-c2cc(F)ccc2F)cn1. The minimum absolute atomic E-state index is 0.0571. The van der Waals surface area contributed by atoms with Crippen molar-refractivity contribution in [2.24, 2.45) is 0 Å². The van der Waals surface area contributed by atoms with Crippen LogP contribution in [0.5, 0.6) is 0 Å². The summed E-state index contributed by atoms with van der Waals surface area (Å²) < 4.78 is 27.5. The summed E-state index contributed by atoms with van der Waals surface area (Å²) in [5, 5.41) is 12.3.